The van der Waals surface area contributed by atoms with Gasteiger partial charge in [-0.15, -0.1) is 10.2 Å². The minimum atomic E-state index is -0.122. The van der Waals surface area contributed by atoms with Gasteiger partial charge < -0.3 is 5.32 Å². The lowest BCUT2D eigenvalue weighted by atomic mass is 9.86. The van der Waals surface area contributed by atoms with E-state index >= 15 is 0 Å². The number of fused-ring (bicyclic) bond motifs is 3. The molecule has 2 aromatic heterocycles. The van der Waals surface area contributed by atoms with E-state index in [1.807, 2.05) is 35.7 Å². The third-order valence-electron chi connectivity index (χ3n) is 5.44. The lowest BCUT2D eigenvalue weighted by molar-refractivity contribution is -0.123. The van der Waals surface area contributed by atoms with Crippen molar-refractivity contribution in [3.8, 4) is 0 Å². The predicted octanol–water partition coefficient (Wildman–Crippen LogP) is 2.73. The lowest BCUT2D eigenvalue weighted by Gasteiger charge is -2.22. The first-order valence-electron chi connectivity index (χ1n) is 8.29. The SMILES string of the molecule is C[C@@H](NC(=O)C[C@@H]1C[C@H]2CC[C@H]1C2)c1nnc2ccccn12. The Bertz CT molecular complexity index is 695. The fraction of sp³-hybridized carbons (Fsp3) is 0.588. The second-order valence-electron chi connectivity index (χ2n) is 6.92. The Morgan fingerprint density at radius 3 is 3.05 bits per heavy atom. The summed E-state index contributed by atoms with van der Waals surface area (Å²) in [5.74, 6) is 3.22. The first-order valence-corrected chi connectivity index (χ1v) is 8.29. The summed E-state index contributed by atoms with van der Waals surface area (Å²) in [7, 11) is 0. The molecule has 2 heterocycles. The topological polar surface area (TPSA) is 59.3 Å². The summed E-state index contributed by atoms with van der Waals surface area (Å²) >= 11 is 0. The quantitative estimate of drug-likeness (QED) is 0.944. The molecule has 4 atom stereocenters. The number of hydrogen-bond donors (Lipinski definition) is 1. The van der Waals surface area contributed by atoms with Crippen LogP contribution >= 0.6 is 0 Å². The van der Waals surface area contributed by atoms with Crippen LogP contribution in [0.5, 0.6) is 0 Å². The van der Waals surface area contributed by atoms with Gasteiger partial charge in [0.25, 0.3) is 0 Å². The largest absolute Gasteiger partial charge is 0.346 e. The number of pyridine rings is 1. The van der Waals surface area contributed by atoms with Crippen LogP contribution in [0.25, 0.3) is 5.65 Å². The van der Waals surface area contributed by atoms with E-state index in [0.717, 1.165) is 23.3 Å². The van der Waals surface area contributed by atoms with E-state index in [4.69, 9.17) is 0 Å². The fourth-order valence-electron chi connectivity index (χ4n) is 4.38. The number of amides is 1. The van der Waals surface area contributed by atoms with E-state index in [1.165, 1.54) is 25.7 Å². The Morgan fingerprint density at radius 1 is 1.36 bits per heavy atom. The highest BCUT2D eigenvalue weighted by atomic mass is 16.1. The predicted molar refractivity (Wildman–Crippen MR) is 83.1 cm³/mol. The van der Waals surface area contributed by atoms with Gasteiger partial charge in [-0.1, -0.05) is 12.5 Å². The molecule has 4 rings (SSSR count). The monoisotopic (exact) mass is 298 g/mol. The minimum absolute atomic E-state index is 0.122. The molecular weight excluding hydrogens is 276 g/mol. The normalized spacial score (nSPS) is 28.1. The van der Waals surface area contributed by atoms with Crippen LogP contribution in [0, 0.1) is 17.8 Å². The van der Waals surface area contributed by atoms with Gasteiger partial charge in [-0.05, 0) is 56.1 Å². The van der Waals surface area contributed by atoms with Crippen LogP contribution < -0.4 is 5.32 Å². The zero-order chi connectivity index (χ0) is 15.1. The van der Waals surface area contributed by atoms with Crippen molar-refractivity contribution >= 4 is 11.6 Å². The number of nitrogens with zero attached hydrogens (tertiary/aromatic N) is 3. The Kier molecular flexibility index (Phi) is 3.36. The van der Waals surface area contributed by atoms with Gasteiger partial charge in [0, 0.05) is 12.6 Å². The van der Waals surface area contributed by atoms with Crippen LogP contribution in [-0.4, -0.2) is 20.5 Å². The highest BCUT2D eigenvalue weighted by Crippen LogP contribution is 2.49. The first kappa shape index (κ1) is 13.7. The van der Waals surface area contributed by atoms with Crippen LogP contribution in [0.4, 0.5) is 0 Å². The van der Waals surface area contributed by atoms with E-state index in [-0.39, 0.29) is 11.9 Å². The second kappa shape index (κ2) is 5.38. The number of nitrogens with one attached hydrogen (secondary N) is 1. The van der Waals surface area contributed by atoms with Gasteiger partial charge in [0.2, 0.25) is 5.91 Å². The number of carbonyl (C=O) groups excluding carboxylic acids is 1. The summed E-state index contributed by atoms with van der Waals surface area (Å²) in [5.41, 5.74) is 0.812. The minimum Gasteiger partial charge on any atom is -0.346 e. The zero-order valence-electron chi connectivity index (χ0n) is 12.9. The summed E-state index contributed by atoms with van der Waals surface area (Å²) in [5, 5.41) is 11.5. The molecule has 1 amide bonds. The molecule has 2 bridgehead atoms. The van der Waals surface area contributed by atoms with Crippen molar-refractivity contribution in [2.24, 2.45) is 17.8 Å². The van der Waals surface area contributed by atoms with Crippen molar-refractivity contribution in [3.63, 3.8) is 0 Å². The smallest absolute Gasteiger partial charge is 0.220 e. The van der Waals surface area contributed by atoms with Gasteiger partial charge in [0.05, 0.1) is 6.04 Å². The van der Waals surface area contributed by atoms with Crippen LogP contribution in [0.15, 0.2) is 24.4 Å². The summed E-state index contributed by atoms with van der Waals surface area (Å²) in [6.07, 6.45) is 7.91. The Hall–Kier alpha value is -1.91. The molecule has 2 saturated carbocycles. The third kappa shape index (κ3) is 2.38. The Balaban J connectivity index is 1.41. The van der Waals surface area contributed by atoms with Crippen molar-refractivity contribution < 1.29 is 4.79 Å². The summed E-state index contributed by atoms with van der Waals surface area (Å²) in [4.78, 5) is 12.3. The van der Waals surface area contributed by atoms with Gasteiger partial charge in [-0.25, -0.2) is 0 Å². The van der Waals surface area contributed by atoms with E-state index < -0.39 is 0 Å². The van der Waals surface area contributed by atoms with Crippen molar-refractivity contribution in [3.05, 3.63) is 30.2 Å². The zero-order valence-corrected chi connectivity index (χ0v) is 12.9. The summed E-state index contributed by atoms with van der Waals surface area (Å²) in [6, 6.07) is 5.68. The molecule has 0 aromatic carbocycles. The number of aromatic nitrogens is 3. The molecule has 1 N–H and O–H groups in total. The number of hydrogen-bond acceptors (Lipinski definition) is 3. The molecule has 5 heteroatoms. The van der Waals surface area contributed by atoms with Crippen LogP contribution in [0.1, 0.15) is 50.9 Å². The third-order valence-corrected chi connectivity index (χ3v) is 5.44. The van der Waals surface area contributed by atoms with Crippen molar-refractivity contribution in [1.29, 1.82) is 0 Å². The maximum Gasteiger partial charge on any atom is 0.220 e. The highest BCUT2D eigenvalue weighted by Gasteiger charge is 2.40. The maximum atomic E-state index is 12.3. The standard InChI is InChI=1S/C17H22N4O/c1-11(17-20-19-15-4-2-3-7-21(15)17)18-16(22)10-14-9-12-5-6-13(14)8-12/h2-4,7,11-14H,5-6,8-10H2,1H3,(H,18,22)/t11-,12+,13+,14+/m1/s1. The molecule has 2 fully saturated rings. The summed E-state index contributed by atoms with van der Waals surface area (Å²) in [6.45, 7) is 1.97. The van der Waals surface area contributed by atoms with Gasteiger partial charge in [-0.2, -0.15) is 0 Å². The molecule has 0 unspecified atom stereocenters. The molecule has 0 radical (unpaired) electrons. The lowest BCUT2D eigenvalue weighted by Crippen LogP contribution is -2.30. The molecular formula is C17H22N4O. The molecule has 2 aliphatic carbocycles. The van der Waals surface area contributed by atoms with E-state index in [1.54, 1.807) is 0 Å². The first-order chi connectivity index (χ1) is 10.7. The molecule has 116 valence electrons. The van der Waals surface area contributed by atoms with Gasteiger partial charge in [0.1, 0.15) is 0 Å². The van der Waals surface area contributed by atoms with Gasteiger partial charge in [-0.3, -0.25) is 9.20 Å². The second-order valence-corrected chi connectivity index (χ2v) is 6.92. The molecule has 5 nitrogen and oxygen atoms in total. The Labute approximate surface area is 130 Å². The average molecular weight is 298 g/mol. The molecule has 2 aromatic rings. The van der Waals surface area contributed by atoms with Crippen molar-refractivity contribution in [2.45, 2.75) is 45.1 Å². The molecule has 0 spiro atoms. The number of carbonyl (C=O) groups is 1. The molecule has 0 aliphatic heterocycles. The van der Waals surface area contributed by atoms with Gasteiger partial charge >= 0.3 is 0 Å². The molecule has 2 aliphatic rings. The van der Waals surface area contributed by atoms with Gasteiger partial charge in [0.15, 0.2) is 11.5 Å². The fourth-order valence-corrected chi connectivity index (χ4v) is 4.38. The summed E-state index contributed by atoms with van der Waals surface area (Å²) < 4.78 is 1.93. The van der Waals surface area contributed by atoms with E-state index in [0.29, 0.717) is 12.3 Å². The number of rotatable bonds is 4. The van der Waals surface area contributed by atoms with Crippen LogP contribution in [0.2, 0.25) is 0 Å². The van der Waals surface area contributed by atoms with Crippen LogP contribution in [0.3, 0.4) is 0 Å². The average Bonchev–Trinajstić information content (AvgIpc) is 3.21. The van der Waals surface area contributed by atoms with Crippen LogP contribution in [-0.2, 0) is 4.79 Å². The maximum absolute atomic E-state index is 12.3. The Morgan fingerprint density at radius 2 is 2.27 bits per heavy atom. The van der Waals surface area contributed by atoms with Crippen molar-refractivity contribution in [2.75, 3.05) is 0 Å². The van der Waals surface area contributed by atoms with Crippen molar-refractivity contribution in [1.82, 2.24) is 19.9 Å². The van der Waals surface area contributed by atoms with E-state index in [9.17, 15) is 4.79 Å². The highest BCUT2D eigenvalue weighted by molar-refractivity contribution is 5.76. The molecule has 0 saturated heterocycles. The molecule has 22 heavy (non-hydrogen) atoms. The van der Waals surface area contributed by atoms with E-state index in [2.05, 4.69) is 15.5 Å².